The number of fused-ring (bicyclic) bond motifs is 7. The number of pyridine rings is 2. The molecule has 0 fully saturated rings. The Bertz CT molecular complexity index is 3040. The van der Waals surface area contributed by atoms with Crippen molar-refractivity contribution in [2.45, 2.75) is 5.41 Å². The molecular formula is C53H34N2. The quantitative estimate of drug-likeness (QED) is 0.167. The Hall–Kier alpha value is -7.16. The lowest BCUT2D eigenvalue weighted by Gasteiger charge is -2.34. The summed E-state index contributed by atoms with van der Waals surface area (Å²) in [7, 11) is 0. The smallest absolute Gasteiger partial charge is 0.0972 e. The Labute approximate surface area is 320 Å². The summed E-state index contributed by atoms with van der Waals surface area (Å²) in [5, 5.41) is 4.58. The van der Waals surface area contributed by atoms with E-state index in [0.717, 1.165) is 55.4 Å². The molecule has 0 bridgehead atoms. The molecule has 1 aliphatic carbocycles. The molecule has 0 saturated heterocycles. The number of aromatic nitrogens is 2. The van der Waals surface area contributed by atoms with Crippen LogP contribution in [0, 0.1) is 0 Å². The monoisotopic (exact) mass is 698 g/mol. The summed E-state index contributed by atoms with van der Waals surface area (Å²) in [5.41, 5.74) is 15.2. The molecule has 0 unspecified atom stereocenters. The first-order chi connectivity index (χ1) is 27.3. The molecular weight excluding hydrogens is 665 g/mol. The topological polar surface area (TPSA) is 25.8 Å². The fourth-order valence-electron chi connectivity index (χ4n) is 8.98. The van der Waals surface area contributed by atoms with Gasteiger partial charge < -0.3 is 0 Å². The van der Waals surface area contributed by atoms with Crippen LogP contribution in [0.1, 0.15) is 22.3 Å². The Morgan fingerprint density at radius 1 is 0.291 bits per heavy atom. The van der Waals surface area contributed by atoms with Gasteiger partial charge in [0.05, 0.1) is 27.8 Å². The number of nitrogens with zero attached hydrogens (tertiary/aromatic N) is 2. The van der Waals surface area contributed by atoms with Crippen molar-refractivity contribution >= 4 is 32.6 Å². The van der Waals surface area contributed by atoms with Gasteiger partial charge in [-0.2, -0.15) is 0 Å². The van der Waals surface area contributed by atoms with E-state index in [9.17, 15) is 0 Å². The molecule has 256 valence electrons. The predicted octanol–water partition coefficient (Wildman–Crippen LogP) is 13.3. The zero-order valence-corrected chi connectivity index (χ0v) is 30.0. The third-order valence-corrected chi connectivity index (χ3v) is 11.5. The van der Waals surface area contributed by atoms with Crippen LogP contribution < -0.4 is 0 Å². The molecule has 2 aromatic heterocycles. The average molecular weight is 699 g/mol. The highest BCUT2D eigenvalue weighted by Crippen LogP contribution is 2.58. The Morgan fingerprint density at radius 2 is 0.836 bits per heavy atom. The maximum atomic E-state index is 5.53. The second-order valence-corrected chi connectivity index (χ2v) is 14.5. The maximum absolute atomic E-state index is 5.53. The molecule has 0 spiro atoms. The summed E-state index contributed by atoms with van der Waals surface area (Å²) in [6.45, 7) is 0. The van der Waals surface area contributed by atoms with Crippen LogP contribution >= 0.6 is 0 Å². The van der Waals surface area contributed by atoms with Crippen LogP contribution in [0.3, 0.4) is 0 Å². The van der Waals surface area contributed by atoms with Crippen LogP contribution in [-0.4, -0.2) is 9.97 Å². The van der Waals surface area contributed by atoms with Crippen LogP contribution in [0.2, 0.25) is 0 Å². The summed E-state index contributed by atoms with van der Waals surface area (Å²) in [6.07, 6.45) is 0. The first-order valence-corrected chi connectivity index (χ1v) is 18.9. The molecule has 0 N–H and O–H groups in total. The molecule has 10 aromatic rings. The van der Waals surface area contributed by atoms with Gasteiger partial charge in [0.2, 0.25) is 0 Å². The summed E-state index contributed by atoms with van der Waals surface area (Å²) < 4.78 is 0. The molecule has 8 aromatic carbocycles. The fraction of sp³-hybridized carbons (Fsp3) is 0.0189. The van der Waals surface area contributed by atoms with Crippen molar-refractivity contribution in [2.75, 3.05) is 0 Å². The van der Waals surface area contributed by atoms with Crippen molar-refractivity contribution in [2.24, 2.45) is 0 Å². The molecule has 0 radical (unpaired) electrons. The molecule has 2 heteroatoms. The average Bonchev–Trinajstić information content (AvgIpc) is 3.56. The van der Waals surface area contributed by atoms with E-state index in [1.54, 1.807) is 0 Å². The van der Waals surface area contributed by atoms with Crippen molar-refractivity contribution in [3.05, 3.63) is 229 Å². The van der Waals surface area contributed by atoms with E-state index < -0.39 is 5.41 Å². The third kappa shape index (κ3) is 4.89. The van der Waals surface area contributed by atoms with Gasteiger partial charge in [-0.25, -0.2) is 9.97 Å². The minimum atomic E-state index is -0.511. The molecule has 1 aliphatic rings. The molecule has 55 heavy (non-hydrogen) atoms. The Balaban J connectivity index is 1.23. The molecule has 0 atom stereocenters. The van der Waals surface area contributed by atoms with E-state index in [4.69, 9.17) is 9.97 Å². The van der Waals surface area contributed by atoms with Crippen LogP contribution in [0.5, 0.6) is 0 Å². The highest BCUT2D eigenvalue weighted by molar-refractivity contribution is 6.05. The first-order valence-electron chi connectivity index (χ1n) is 18.9. The fourth-order valence-corrected chi connectivity index (χ4v) is 8.98. The van der Waals surface area contributed by atoms with Crippen LogP contribution in [-0.2, 0) is 5.41 Å². The van der Waals surface area contributed by atoms with Crippen LogP contribution in [0.15, 0.2) is 206 Å². The van der Waals surface area contributed by atoms with E-state index >= 15 is 0 Å². The molecule has 11 rings (SSSR count). The molecule has 2 heterocycles. The molecule has 0 aliphatic heterocycles. The van der Waals surface area contributed by atoms with Crippen molar-refractivity contribution in [1.29, 1.82) is 0 Å². The number of rotatable bonds is 5. The Morgan fingerprint density at radius 3 is 1.55 bits per heavy atom. The van der Waals surface area contributed by atoms with Crippen molar-refractivity contribution < 1.29 is 0 Å². The highest BCUT2D eigenvalue weighted by Gasteiger charge is 2.46. The largest absolute Gasteiger partial charge is 0.245 e. The van der Waals surface area contributed by atoms with E-state index in [2.05, 4.69) is 200 Å². The lowest BCUT2D eigenvalue weighted by atomic mass is 9.67. The van der Waals surface area contributed by atoms with Crippen molar-refractivity contribution in [1.82, 2.24) is 9.97 Å². The van der Waals surface area contributed by atoms with Gasteiger partial charge in [0.15, 0.2) is 0 Å². The van der Waals surface area contributed by atoms with Crippen molar-refractivity contribution in [3.63, 3.8) is 0 Å². The van der Waals surface area contributed by atoms with Gasteiger partial charge in [0, 0.05) is 21.9 Å². The summed E-state index contributed by atoms with van der Waals surface area (Å²) >= 11 is 0. The second kappa shape index (κ2) is 12.5. The van der Waals surface area contributed by atoms with Gasteiger partial charge in [-0.15, -0.1) is 0 Å². The highest BCUT2D eigenvalue weighted by atomic mass is 14.8. The van der Waals surface area contributed by atoms with Crippen molar-refractivity contribution in [3.8, 4) is 44.8 Å². The second-order valence-electron chi connectivity index (χ2n) is 14.5. The minimum absolute atomic E-state index is 0.511. The van der Waals surface area contributed by atoms with Gasteiger partial charge in [0.1, 0.15) is 0 Å². The van der Waals surface area contributed by atoms with Gasteiger partial charge in [0.25, 0.3) is 0 Å². The number of benzene rings is 8. The maximum Gasteiger partial charge on any atom is 0.0972 e. The van der Waals surface area contributed by atoms with E-state index in [1.165, 1.54) is 44.2 Å². The predicted molar refractivity (Wildman–Crippen MR) is 228 cm³/mol. The lowest BCUT2D eigenvalue weighted by Crippen LogP contribution is -2.28. The lowest BCUT2D eigenvalue weighted by molar-refractivity contribution is 0.769. The van der Waals surface area contributed by atoms with E-state index in [1.807, 2.05) is 6.07 Å². The zero-order chi connectivity index (χ0) is 36.3. The van der Waals surface area contributed by atoms with Crippen LogP contribution in [0.4, 0.5) is 0 Å². The van der Waals surface area contributed by atoms with Crippen LogP contribution in [0.25, 0.3) is 77.3 Å². The normalized spacial score (nSPS) is 12.9. The zero-order valence-electron chi connectivity index (χ0n) is 30.0. The summed E-state index contributed by atoms with van der Waals surface area (Å²) in [6, 6.07) is 74.7. The van der Waals surface area contributed by atoms with E-state index in [-0.39, 0.29) is 0 Å². The standard InChI is InChI=1S/C53H34N2/c1-4-15-36(16-5-1)49-30-28-37-25-26-38-29-31-50(55-52(38)51(37)54-49)46-33-45-43-22-12-13-23-47(43)53(41-18-6-2-7-19-41,42-20-8-3-9-21-42)48(45)34-44(46)40-27-24-35-14-10-11-17-39(35)32-40/h1-34H. The third-order valence-electron chi connectivity index (χ3n) is 11.5. The number of hydrogen-bond donors (Lipinski definition) is 0. The summed E-state index contributed by atoms with van der Waals surface area (Å²) in [4.78, 5) is 10.8. The first kappa shape index (κ1) is 31.4. The van der Waals surface area contributed by atoms with Gasteiger partial charge in [-0.1, -0.05) is 176 Å². The van der Waals surface area contributed by atoms with E-state index in [0.29, 0.717) is 0 Å². The molecule has 2 nitrogen and oxygen atoms in total. The number of hydrogen-bond acceptors (Lipinski definition) is 2. The summed E-state index contributed by atoms with van der Waals surface area (Å²) in [5.74, 6) is 0. The van der Waals surface area contributed by atoms with Gasteiger partial charge >= 0.3 is 0 Å². The minimum Gasteiger partial charge on any atom is -0.245 e. The molecule has 0 saturated carbocycles. The SMILES string of the molecule is c1ccc(-c2ccc3ccc4ccc(-c5cc6c(cc5-c5ccc7ccccc7c5)C(c5ccccc5)(c5ccccc5)c5ccccc5-6)nc4c3n2)cc1. The van der Waals surface area contributed by atoms with Gasteiger partial charge in [-0.3, -0.25) is 0 Å². The molecule has 0 amide bonds. The van der Waals surface area contributed by atoms with Gasteiger partial charge in [-0.05, 0) is 85.6 Å². The Kier molecular flexibility index (Phi) is 7.11.